The molecule has 2 N–H and O–H groups in total. The van der Waals surface area contributed by atoms with Crippen molar-refractivity contribution in [2.24, 2.45) is 7.05 Å². The number of rotatable bonds is 11. The van der Waals surface area contributed by atoms with Gasteiger partial charge in [-0.15, -0.1) is 0 Å². The van der Waals surface area contributed by atoms with Gasteiger partial charge in [0.05, 0.1) is 30.2 Å². The standard InChI is InChI=1S/C29H35FN8O2/c1-8-26(39)35-28-23(37(5)12-11-36(4)18(2)3)15-24(40-7)29(27(28)30)34-25-14-21(31-17-32-25)19-9-10-22-20(13-19)16-33-38(22)6/h8-10,13-18H,1,11-12H2,2-7H3,(H,35,39)(H,31,32,34). The number of benzene rings is 2. The monoisotopic (exact) mass is 546 g/mol. The van der Waals surface area contributed by atoms with Crippen molar-refractivity contribution < 1.29 is 13.9 Å². The fraction of sp³-hybridized carbons (Fsp3) is 0.310. The molecule has 40 heavy (non-hydrogen) atoms. The van der Waals surface area contributed by atoms with E-state index in [1.165, 1.54) is 13.4 Å². The Kier molecular flexibility index (Phi) is 8.64. The van der Waals surface area contributed by atoms with Gasteiger partial charge in [-0.2, -0.15) is 5.10 Å². The SMILES string of the molecule is C=CC(=O)Nc1c(N(C)CCN(C)C(C)C)cc(OC)c(Nc2cc(-c3ccc4c(cnn4C)c3)ncn2)c1F. The van der Waals surface area contributed by atoms with Crippen LogP contribution in [0.4, 0.5) is 27.3 Å². The number of methoxy groups -OCH3 is 1. The predicted octanol–water partition coefficient (Wildman–Crippen LogP) is 4.82. The van der Waals surface area contributed by atoms with Gasteiger partial charge in [-0.05, 0) is 39.1 Å². The second-order valence-electron chi connectivity index (χ2n) is 9.81. The topological polar surface area (TPSA) is 100 Å². The molecular formula is C29H35FN8O2. The molecule has 1 amide bonds. The molecule has 0 atom stereocenters. The van der Waals surface area contributed by atoms with Crippen molar-refractivity contribution in [3.05, 3.63) is 61.3 Å². The zero-order valence-electron chi connectivity index (χ0n) is 23.7. The molecule has 0 aliphatic heterocycles. The summed E-state index contributed by atoms with van der Waals surface area (Å²) in [4.78, 5) is 25.0. The normalized spacial score (nSPS) is 11.2. The highest BCUT2D eigenvalue weighted by Crippen LogP contribution is 2.41. The van der Waals surface area contributed by atoms with Crippen LogP contribution in [-0.4, -0.2) is 70.9 Å². The Balaban J connectivity index is 1.70. The zero-order valence-corrected chi connectivity index (χ0v) is 23.7. The number of amides is 1. The van der Waals surface area contributed by atoms with Crippen LogP contribution in [0.5, 0.6) is 5.75 Å². The largest absolute Gasteiger partial charge is 0.494 e. The number of halogens is 1. The molecule has 0 aliphatic rings. The van der Waals surface area contributed by atoms with E-state index in [1.54, 1.807) is 23.0 Å². The lowest BCUT2D eigenvalue weighted by atomic mass is 10.1. The Morgan fingerprint density at radius 1 is 1.18 bits per heavy atom. The van der Waals surface area contributed by atoms with E-state index in [9.17, 15) is 4.79 Å². The summed E-state index contributed by atoms with van der Waals surface area (Å²) in [5, 5.41) is 10.9. The van der Waals surface area contributed by atoms with Crippen molar-refractivity contribution in [3.63, 3.8) is 0 Å². The number of aromatic nitrogens is 4. The smallest absolute Gasteiger partial charge is 0.247 e. The summed E-state index contributed by atoms with van der Waals surface area (Å²) >= 11 is 0. The van der Waals surface area contributed by atoms with E-state index in [0.29, 0.717) is 29.8 Å². The number of anilines is 4. The van der Waals surface area contributed by atoms with Gasteiger partial charge >= 0.3 is 0 Å². The van der Waals surface area contributed by atoms with Gasteiger partial charge in [0, 0.05) is 56.3 Å². The van der Waals surface area contributed by atoms with Crippen LogP contribution in [0.25, 0.3) is 22.2 Å². The highest BCUT2D eigenvalue weighted by molar-refractivity contribution is 6.02. The van der Waals surface area contributed by atoms with Gasteiger partial charge in [0.25, 0.3) is 0 Å². The van der Waals surface area contributed by atoms with Crippen LogP contribution < -0.4 is 20.3 Å². The second-order valence-corrected chi connectivity index (χ2v) is 9.81. The van der Waals surface area contributed by atoms with Gasteiger partial charge in [-0.25, -0.2) is 14.4 Å². The van der Waals surface area contributed by atoms with Crippen molar-refractivity contribution in [2.75, 3.05) is 49.8 Å². The Labute approximate surface area is 233 Å². The summed E-state index contributed by atoms with van der Waals surface area (Å²) in [6.07, 6.45) is 4.30. The Morgan fingerprint density at radius 3 is 2.65 bits per heavy atom. The maximum absolute atomic E-state index is 16.2. The average molecular weight is 547 g/mol. The summed E-state index contributed by atoms with van der Waals surface area (Å²) in [7, 11) is 7.22. The summed E-state index contributed by atoms with van der Waals surface area (Å²) < 4.78 is 23.5. The Morgan fingerprint density at radius 2 is 1.95 bits per heavy atom. The number of hydrogen-bond donors (Lipinski definition) is 2. The molecular weight excluding hydrogens is 511 g/mol. The molecule has 0 aliphatic carbocycles. The fourth-order valence-corrected chi connectivity index (χ4v) is 4.21. The van der Waals surface area contributed by atoms with Crippen LogP contribution >= 0.6 is 0 Å². The molecule has 11 heteroatoms. The summed E-state index contributed by atoms with van der Waals surface area (Å²) in [6, 6.07) is 9.67. The van der Waals surface area contributed by atoms with Crippen molar-refractivity contribution in [3.8, 4) is 17.0 Å². The number of carbonyl (C=O) groups excluding carboxylic acids is 1. The Bertz CT molecular complexity index is 1530. The van der Waals surface area contributed by atoms with Crippen molar-refractivity contribution >= 4 is 39.7 Å². The molecule has 0 unspecified atom stereocenters. The van der Waals surface area contributed by atoms with E-state index < -0.39 is 11.7 Å². The van der Waals surface area contributed by atoms with Gasteiger partial charge in [0.1, 0.15) is 29.3 Å². The van der Waals surface area contributed by atoms with E-state index in [1.807, 2.05) is 44.2 Å². The molecule has 4 aromatic rings. The fourth-order valence-electron chi connectivity index (χ4n) is 4.21. The third kappa shape index (κ3) is 6.04. The predicted molar refractivity (Wildman–Crippen MR) is 158 cm³/mol. The highest BCUT2D eigenvalue weighted by Gasteiger charge is 2.23. The van der Waals surface area contributed by atoms with Gasteiger partial charge < -0.3 is 25.2 Å². The average Bonchev–Trinajstić information content (AvgIpc) is 3.33. The lowest BCUT2D eigenvalue weighted by molar-refractivity contribution is -0.111. The molecule has 0 saturated heterocycles. The maximum Gasteiger partial charge on any atom is 0.247 e. The molecule has 2 heterocycles. The van der Waals surface area contributed by atoms with Crippen LogP contribution in [0.1, 0.15) is 13.8 Å². The van der Waals surface area contributed by atoms with Crippen LogP contribution in [0.3, 0.4) is 0 Å². The van der Waals surface area contributed by atoms with E-state index in [4.69, 9.17) is 4.74 Å². The van der Waals surface area contributed by atoms with Crippen LogP contribution in [0.15, 0.2) is 55.5 Å². The third-order valence-electron chi connectivity index (χ3n) is 6.91. The number of fused-ring (bicyclic) bond motifs is 1. The van der Waals surface area contributed by atoms with Crippen LogP contribution in [-0.2, 0) is 11.8 Å². The van der Waals surface area contributed by atoms with Crippen molar-refractivity contribution in [1.29, 1.82) is 0 Å². The molecule has 2 aromatic heterocycles. The van der Waals surface area contributed by atoms with Crippen LogP contribution in [0, 0.1) is 5.82 Å². The van der Waals surface area contributed by atoms with E-state index in [0.717, 1.165) is 29.1 Å². The molecule has 4 rings (SSSR count). The molecule has 0 spiro atoms. The summed E-state index contributed by atoms with van der Waals surface area (Å²) in [5.41, 5.74) is 3.03. The minimum Gasteiger partial charge on any atom is -0.494 e. The van der Waals surface area contributed by atoms with Crippen molar-refractivity contribution in [1.82, 2.24) is 24.6 Å². The van der Waals surface area contributed by atoms with E-state index in [-0.39, 0.29) is 17.1 Å². The summed E-state index contributed by atoms with van der Waals surface area (Å²) in [6.45, 7) is 9.05. The maximum atomic E-state index is 16.2. The number of hydrogen-bond acceptors (Lipinski definition) is 8. The molecule has 210 valence electrons. The summed E-state index contributed by atoms with van der Waals surface area (Å²) in [5.74, 6) is -0.608. The molecule has 0 fully saturated rings. The first-order chi connectivity index (χ1) is 19.1. The quantitative estimate of drug-likeness (QED) is 0.258. The first kappa shape index (κ1) is 28.5. The molecule has 10 nitrogen and oxygen atoms in total. The van der Waals surface area contributed by atoms with Gasteiger partial charge in [0.2, 0.25) is 5.91 Å². The minimum absolute atomic E-state index is 0.0132. The van der Waals surface area contributed by atoms with E-state index >= 15 is 4.39 Å². The number of nitrogens with one attached hydrogen (secondary N) is 2. The van der Waals surface area contributed by atoms with E-state index in [2.05, 4.69) is 51.0 Å². The molecule has 0 saturated carbocycles. The van der Waals surface area contributed by atoms with Gasteiger partial charge in [-0.3, -0.25) is 9.48 Å². The second kappa shape index (κ2) is 12.1. The third-order valence-corrected chi connectivity index (χ3v) is 6.91. The number of ether oxygens (including phenoxy) is 1. The lowest BCUT2D eigenvalue weighted by Crippen LogP contribution is -2.35. The Hall–Kier alpha value is -4.51. The number of carbonyl (C=O) groups is 1. The first-order valence-electron chi connectivity index (χ1n) is 12.9. The number of aryl methyl sites for hydroxylation is 1. The lowest BCUT2D eigenvalue weighted by Gasteiger charge is -2.28. The number of nitrogens with zero attached hydrogens (tertiary/aromatic N) is 6. The van der Waals surface area contributed by atoms with Crippen LogP contribution in [0.2, 0.25) is 0 Å². The molecule has 0 radical (unpaired) electrons. The van der Waals surface area contributed by atoms with Gasteiger partial charge in [-0.1, -0.05) is 12.6 Å². The van der Waals surface area contributed by atoms with Gasteiger partial charge in [0.15, 0.2) is 5.82 Å². The molecule has 2 aromatic carbocycles. The minimum atomic E-state index is -0.689. The first-order valence-corrected chi connectivity index (χ1v) is 12.9. The number of likely N-dealkylation sites (N-methyl/N-ethyl adjacent to an activating group) is 2. The zero-order chi connectivity index (χ0) is 29.0. The highest BCUT2D eigenvalue weighted by atomic mass is 19.1. The molecule has 0 bridgehead atoms. The van der Waals surface area contributed by atoms with Crippen molar-refractivity contribution in [2.45, 2.75) is 19.9 Å².